The second-order valence-corrected chi connectivity index (χ2v) is 6.42. The third-order valence-electron chi connectivity index (χ3n) is 4.34. The predicted octanol–water partition coefficient (Wildman–Crippen LogP) is 5.02. The molecule has 3 nitrogen and oxygen atoms in total. The van der Waals surface area contributed by atoms with E-state index < -0.39 is 5.97 Å². The fourth-order valence-corrected chi connectivity index (χ4v) is 3.72. The first kappa shape index (κ1) is 16.6. The number of carboxylic acids is 1. The van der Waals surface area contributed by atoms with Crippen LogP contribution in [0.15, 0.2) is 12.1 Å². The summed E-state index contributed by atoms with van der Waals surface area (Å²) in [6, 6.07) is 3.55. The van der Waals surface area contributed by atoms with Crippen molar-refractivity contribution >= 4 is 29.2 Å². The smallest absolute Gasteiger partial charge is 0.336 e. The quantitative estimate of drug-likeness (QED) is 0.843. The highest BCUT2D eigenvalue weighted by molar-refractivity contribution is 6.42. The van der Waals surface area contributed by atoms with Crippen LogP contribution in [0.1, 0.15) is 61.5 Å². The normalized spacial score (nSPS) is 21.2. The van der Waals surface area contributed by atoms with Gasteiger partial charge in [0, 0.05) is 17.6 Å². The zero-order valence-corrected chi connectivity index (χ0v) is 13.9. The summed E-state index contributed by atoms with van der Waals surface area (Å²) in [6.07, 6.45) is 4.31. The molecule has 0 saturated carbocycles. The summed E-state index contributed by atoms with van der Waals surface area (Å²) >= 11 is 12.5. The van der Waals surface area contributed by atoms with Crippen LogP contribution in [0.2, 0.25) is 10.0 Å². The molecule has 1 saturated heterocycles. The maximum atomic E-state index is 11.5. The average Bonchev–Trinajstić information content (AvgIpc) is 2.45. The van der Waals surface area contributed by atoms with E-state index in [2.05, 4.69) is 18.7 Å². The van der Waals surface area contributed by atoms with Crippen LogP contribution < -0.4 is 0 Å². The summed E-state index contributed by atoms with van der Waals surface area (Å²) in [7, 11) is 0. The Balaban J connectivity index is 2.50. The highest BCUT2D eigenvalue weighted by Gasteiger charge is 2.31. The number of carbonyl (C=O) groups is 1. The van der Waals surface area contributed by atoms with E-state index in [0.29, 0.717) is 21.7 Å². The summed E-state index contributed by atoms with van der Waals surface area (Å²) in [4.78, 5) is 13.9. The molecule has 0 aliphatic carbocycles. The number of rotatable bonds is 4. The number of nitrogens with zero attached hydrogens (tertiary/aromatic N) is 1. The predicted molar refractivity (Wildman–Crippen MR) is 86.5 cm³/mol. The van der Waals surface area contributed by atoms with E-state index in [0.717, 1.165) is 25.8 Å². The molecular formula is C16H21Cl2NO2. The molecule has 2 unspecified atom stereocenters. The zero-order chi connectivity index (χ0) is 15.6. The van der Waals surface area contributed by atoms with Crippen molar-refractivity contribution in [3.8, 4) is 0 Å². The van der Waals surface area contributed by atoms with Gasteiger partial charge in [-0.25, -0.2) is 4.79 Å². The Morgan fingerprint density at radius 2 is 2.14 bits per heavy atom. The molecule has 5 heteroatoms. The molecule has 1 N–H and O–H groups in total. The van der Waals surface area contributed by atoms with Crippen molar-refractivity contribution in [2.24, 2.45) is 0 Å². The molecule has 1 fully saturated rings. The Kier molecular flexibility index (Phi) is 5.53. The van der Waals surface area contributed by atoms with Gasteiger partial charge in [-0.3, -0.25) is 4.90 Å². The number of benzene rings is 1. The SMILES string of the molecule is CCC(c1c(C(=O)O)ccc(Cl)c1Cl)N1CCCCC1C. The van der Waals surface area contributed by atoms with Crippen molar-refractivity contribution in [2.75, 3.05) is 6.54 Å². The van der Waals surface area contributed by atoms with Crippen molar-refractivity contribution in [2.45, 2.75) is 51.6 Å². The van der Waals surface area contributed by atoms with Crippen molar-refractivity contribution < 1.29 is 9.90 Å². The Labute approximate surface area is 135 Å². The lowest BCUT2D eigenvalue weighted by Crippen LogP contribution is -2.40. The fourth-order valence-electron chi connectivity index (χ4n) is 3.27. The summed E-state index contributed by atoms with van der Waals surface area (Å²) in [5, 5.41) is 10.3. The van der Waals surface area contributed by atoms with Gasteiger partial charge >= 0.3 is 5.97 Å². The number of likely N-dealkylation sites (tertiary alicyclic amines) is 1. The molecule has 2 atom stereocenters. The molecule has 0 bridgehead atoms. The molecule has 0 spiro atoms. The minimum atomic E-state index is -0.952. The van der Waals surface area contributed by atoms with E-state index in [1.165, 1.54) is 6.42 Å². The van der Waals surface area contributed by atoms with Crippen molar-refractivity contribution in [1.29, 1.82) is 0 Å². The number of aromatic carboxylic acids is 1. The van der Waals surface area contributed by atoms with Crippen LogP contribution in [-0.4, -0.2) is 28.6 Å². The molecule has 1 aliphatic rings. The van der Waals surface area contributed by atoms with Crippen LogP contribution in [0.5, 0.6) is 0 Å². The standard InChI is InChI=1S/C16H21Cl2NO2/c1-3-13(19-9-5-4-6-10(19)2)14-11(16(20)21)7-8-12(17)15(14)18/h7-8,10,13H,3-6,9H2,1-2H3,(H,20,21). The topological polar surface area (TPSA) is 40.5 Å². The second kappa shape index (κ2) is 6.99. The molecule has 21 heavy (non-hydrogen) atoms. The summed E-state index contributed by atoms with van der Waals surface area (Å²) in [5.41, 5.74) is 0.918. The zero-order valence-electron chi connectivity index (χ0n) is 12.4. The largest absolute Gasteiger partial charge is 0.478 e. The second-order valence-electron chi connectivity index (χ2n) is 5.63. The van der Waals surface area contributed by atoms with Crippen LogP contribution in [0.4, 0.5) is 0 Å². The van der Waals surface area contributed by atoms with Crippen LogP contribution in [-0.2, 0) is 0 Å². The van der Waals surface area contributed by atoms with Crippen molar-refractivity contribution in [3.63, 3.8) is 0 Å². The molecule has 2 rings (SSSR count). The highest BCUT2D eigenvalue weighted by Crippen LogP contribution is 2.39. The van der Waals surface area contributed by atoms with Gasteiger partial charge in [-0.2, -0.15) is 0 Å². The lowest BCUT2D eigenvalue weighted by molar-refractivity contribution is 0.0683. The summed E-state index contributed by atoms with van der Waals surface area (Å²) in [5.74, 6) is -0.952. The van der Waals surface area contributed by atoms with Gasteiger partial charge in [0.2, 0.25) is 0 Å². The molecule has 1 aromatic carbocycles. The Morgan fingerprint density at radius 1 is 1.43 bits per heavy atom. The van der Waals surface area contributed by atoms with Gasteiger partial charge in [-0.15, -0.1) is 0 Å². The molecular weight excluding hydrogens is 309 g/mol. The van der Waals surface area contributed by atoms with Gasteiger partial charge in [0.1, 0.15) is 0 Å². The van der Waals surface area contributed by atoms with Gasteiger partial charge in [-0.05, 0) is 44.9 Å². The summed E-state index contributed by atoms with van der Waals surface area (Å²) < 4.78 is 0. The van der Waals surface area contributed by atoms with Gasteiger partial charge in [0.25, 0.3) is 0 Å². The molecule has 1 aromatic rings. The third-order valence-corrected chi connectivity index (χ3v) is 5.16. The van der Waals surface area contributed by atoms with Gasteiger partial charge in [0.05, 0.1) is 15.6 Å². The maximum Gasteiger partial charge on any atom is 0.336 e. The first-order chi connectivity index (χ1) is 9.97. The third kappa shape index (κ3) is 3.36. The van der Waals surface area contributed by atoms with E-state index in [1.807, 2.05) is 0 Å². The van der Waals surface area contributed by atoms with Gasteiger partial charge < -0.3 is 5.11 Å². The van der Waals surface area contributed by atoms with Crippen molar-refractivity contribution in [1.82, 2.24) is 4.90 Å². The number of hydrogen-bond acceptors (Lipinski definition) is 2. The van der Waals surface area contributed by atoms with Crippen molar-refractivity contribution in [3.05, 3.63) is 33.3 Å². The molecule has 1 aliphatic heterocycles. The van der Waals surface area contributed by atoms with E-state index in [1.54, 1.807) is 12.1 Å². The number of piperidine rings is 1. The number of halogens is 2. The van der Waals surface area contributed by atoms with Gasteiger partial charge in [-0.1, -0.05) is 36.5 Å². The molecule has 0 amide bonds. The minimum absolute atomic E-state index is 0.00222. The van der Waals surface area contributed by atoms with Crippen LogP contribution in [0, 0.1) is 0 Å². The Bertz CT molecular complexity index is 533. The molecule has 0 radical (unpaired) electrons. The average molecular weight is 330 g/mol. The van der Waals surface area contributed by atoms with Crippen LogP contribution in [0.25, 0.3) is 0 Å². The maximum absolute atomic E-state index is 11.5. The number of carboxylic acid groups (broad SMARTS) is 1. The monoisotopic (exact) mass is 329 g/mol. The highest BCUT2D eigenvalue weighted by atomic mass is 35.5. The van der Waals surface area contributed by atoms with E-state index in [9.17, 15) is 9.90 Å². The van der Waals surface area contributed by atoms with Crippen LogP contribution in [0.3, 0.4) is 0 Å². The van der Waals surface area contributed by atoms with E-state index >= 15 is 0 Å². The number of hydrogen-bond donors (Lipinski definition) is 1. The summed E-state index contributed by atoms with van der Waals surface area (Å²) in [6.45, 7) is 5.23. The Morgan fingerprint density at radius 3 is 2.71 bits per heavy atom. The molecule has 0 aromatic heterocycles. The van der Waals surface area contributed by atoms with Crippen LogP contribution >= 0.6 is 23.2 Å². The van der Waals surface area contributed by atoms with E-state index in [4.69, 9.17) is 23.2 Å². The van der Waals surface area contributed by atoms with Gasteiger partial charge in [0.15, 0.2) is 0 Å². The molecule has 116 valence electrons. The minimum Gasteiger partial charge on any atom is -0.478 e. The first-order valence-electron chi connectivity index (χ1n) is 7.44. The lowest BCUT2D eigenvalue weighted by atomic mass is 9.92. The first-order valence-corrected chi connectivity index (χ1v) is 8.19. The van der Waals surface area contributed by atoms with E-state index in [-0.39, 0.29) is 11.6 Å². The lowest BCUT2D eigenvalue weighted by Gasteiger charge is -2.40. The fraction of sp³-hybridized carbons (Fsp3) is 0.562. The Hall–Kier alpha value is -0.770. The molecule has 1 heterocycles.